The number of pyridine rings is 1. The van der Waals surface area contributed by atoms with E-state index in [4.69, 9.17) is 5.11 Å². The molecule has 6 nitrogen and oxygen atoms in total. The summed E-state index contributed by atoms with van der Waals surface area (Å²) in [7, 11) is 2.10. The van der Waals surface area contributed by atoms with Gasteiger partial charge in [0.2, 0.25) is 0 Å². The Labute approximate surface area is 110 Å². The molecule has 3 heterocycles. The first kappa shape index (κ1) is 12.1. The molecule has 100 valence electrons. The van der Waals surface area contributed by atoms with Crippen LogP contribution in [-0.4, -0.2) is 50.7 Å². The molecular formula is C13H16N4O2. The van der Waals surface area contributed by atoms with Gasteiger partial charge in [-0.25, -0.2) is 4.79 Å². The van der Waals surface area contributed by atoms with Gasteiger partial charge in [-0.3, -0.25) is 4.40 Å². The number of likely N-dealkylation sites (N-methyl/N-ethyl adjacent to an activating group) is 1. The summed E-state index contributed by atoms with van der Waals surface area (Å²) in [6, 6.07) is 3.26. The number of rotatable bonds is 2. The first-order chi connectivity index (χ1) is 9.15. The molecule has 0 radical (unpaired) electrons. The van der Waals surface area contributed by atoms with Crippen LogP contribution < -0.4 is 0 Å². The van der Waals surface area contributed by atoms with Crippen LogP contribution in [0.2, 0.25) is 0 Å². The van der Waals surface area contributed by atoms with E-state index in [1.807, 2.05) is 4.40 Å². The number of aromatic nitrogens is 3. The number of piperidine rings is 1. The van der Waals surface area contributed by atoms with E-state index in [2.05, 4.69) is 22.1 Å². The molecule has 6 heteroatoms. The predicted molar refractivity (Wildman–Crippen MR) is 69.4 cm³/mol. The molecule has 1 unspecified atom stereocenters. The van der Waals surface area contributed by atoms with Crippen molar-refractivity contribution in [2.24, 2.45) is 0 Å². The summed E-state index contributed by atoms with van der Waals surface area (Å²) in [5.74, 6) is 0.254. The minimum absolute atomic E-state index is 0.262. The number of carbonyl (C=O) groups is 1. The Hall–Kier alpha value is -1.95. The molecule has 1 aliphatic heterocycles. The van der Waals surface area contributed by atoms with Gasteiger partial charge >= 0.3 is 5.97 Å². The van der Waals surface area contributed by atoms with E-state index >= 15 is 0 Å². The van der Waals surface area contributed by atoms with Gasteiger partial charge in [0.25, 0.3) is 0 Å². The zero-order chi connectivity index (χ0) is 13.4. The number of hydrogen-bond acceptors (Lipinski definition) is 4. The molecule has 1 atom stereocenters. The molecule has 2 aromatic rings. The van der Waals surface area contributed by atoms with Crippen LogP contribution >= 0.6 is 0 Å². The monoisotopic (exact) mass is 260 g/mol. The number of fused-ring (bicyclic) bond motifs is 1. The highest BCUT2D eigenvalue weighted by atomic mass is 16.4. The van der Waals surface area contributed by atoms with Crippen molar-refractivity contribution in [3.05, 3.63) is 29.7 Å². The van der Waals surface area contributed by atoms with Gasteiger partial charge in [0.1, 0.15) is 5.82 Å². The van der Waals surface area contributed by atoms with Crippen molar-refractivity contribution in [1.29, 1.82) is 0 Å². The fourth-order valence-corrected chi connectivity index (χ4v) is 2.69. The van der Waals surface area contributed by atoms with E-state index in [0.29, 0.717) is 11.6 Å². The zero-order valence-corrected chi connectivity index (χ0v) is 10.8. The topological polar surface area (TPSA) is 70.7 Å². The first-order valence-electron chi connectivity index (χ1n) is 6.41. The molecule has 2 aromatic heterocycles. The maximum atomic E-state index is 11.0. The molecule has 19 heavy (non-hydrogen) atoms. The Balaban J connectivity index is 2.03. The molecule has 0 aliphatic carbocycles. The first-order valence-corrected chi connectivity index (χ1v) is 6.41. The normalized spacial score (nSPS) is 20.8. The molecule has 1 saturated heterocycles. The summed E-state index contributed by atoms with van der Waals surface area (Å²) in [4.78, 5) is 13.3. The van der Waals surface area contributed by atoms with Crippen molar-refractivity contribution in [2.45, 2.75) is 18.8 Å². The van der Waals surface area contributed by atoms with Crippen LogP contribution in [-0.2, 0) is 0 Å². The molecule has 0 spiro atoms. The van der Waals surface area contributed by atoms with Crippen LogP contribution in [0.5, 0.6) is 0 Å². The van der Waals surface area contributed by atoms with Crippen LogP contribution in [0.15, 0.2) is 18.3 Å². The number of carboxylic acid groups (broad SMARTS) is 1. The number of nitrogens with zero attached hydrogens (tertiary/aromatic N) is 4. The van der Waals surface area contributed by atoms with Gasteiger partial charge in [0, 0.05) is 18.7 Å². The van der Waals surface area contributed by atoms with Gasteiger partial charge in [-0.2, -0.15) is 0 Å². The number of aromatic carboxylic acids is 1. The maximum Gasteiger partial charge on any atom is 0.337 e. The molecule has 0 bridgehead atoms. The third kappa shape index (κ3) is 2.19. The zero-order valence-electron chi connectivity index (χ0n) is 10.8. The molecule has 3 rings (SSSR count). The molecule has 1 aliphatic rings. The number of carboxylic acids is 1. The summed E-state index contributed by atoms with van der Waals surface area (Å²) in [6.45, 7) is 2.05. The lowest BCUT2D eigenvalue weighted by molar-refractivity contribution is 0.0696. The van der Waals surface area contributed by atoms with Crippen molar-refractivity contribution in [1.82, 2.24) is 19.5 Å². The van der Waals surface area contributed by atoms with Gasteiger partial charge < -0.3 is 10.0 Å². The minimum Gasteiger partial charge on any atom is -0.478 e. The van der Waals surface area contributed by atoms with Crippen molar-refractivity contribution in [3.8, 4) is 0 Å². The molecule has 1 fully saturated rings. The van der Waals surface area contributed by atoms with Crippen LogP contribution in [0.3, 0.4) is 0 Å². The Morgan fingerprint density at radius 1 is 1.42 bits per heavy atom. The summed E-state index contributed by atoms with van der Waals surface area (Å²) in [5.41, 5.74) is 0.964. The van der Waals surface area contributed by atoms with Crippen LogP contribution in [0.1, 0.15) is 34.9 Å². The molecule has 0 saturated carbocycles. The second-order valence-electron chi connectivity index (χ2n) is 5.11. The van der Waals surface area contributed by atoms with E-state index in [1.54, 1.807) is 18.3 Å². The highest BCUT2D eigenvalue weighted by Gasteiger charge is 2.23. The highest BCUT2D eigenvalue weighted by Crippen LogP contribution is 2.25. The lowest BCUT2D eigenvalue weighted by atomic mass is 9.98. The highest BCUT2D eigenvalue weighted by molar-refractivity contribution is 5.87. The van der Waals surface area contributed by atoms with E-state index in [1.165, 1.54) is 0 Å². The van der Waals surface area contributed by atoms with Crippen molar-refractivity contribution in [3.63, 3.8) is 0 Å². The van der Waals surface area contributed by atoms with Crippen LogP contribution in [0, 0.1) is 0 Å². The van der Waals surface area contributed by atoms with Gasteiger partial charge in [0.05, 0.1) is 5.56 Å². The molecule has 0 aromatic carbocycles. The smallest absolute Gasteiger partial charge is 0.337 e. The Morgan fingerprint density at radius 2 is 2.26 bits per heavy atom. The number of likely N-dealkylation sites (tertiary alicyclic amines) is 1. The average molecular weight is 260 g/mol. The third-order valence-electron chi connectivity index (χ3n) is 3.67. The molecule has 0 amide bonds. The molecule has 1 N–H and O–H groups in total. The maximum absolute atomic E-state index is 11.0. The third-order valence-corrected chi connectivity index (χ3v) is 3.67. The summed E-state index contributed by atoms with van der Waals surface area (Å²) < 4.78 is 1.81. The summed E-state index contributed by atoms with van der Waals surface area (Å²) in [5, 5.41) is 17.4. The van der Waals surface area contributed by atoms with Crippen molar-refractivity contribution in [2.75, 3.05) is 20.1 Å². The SMILES string of the molecule is CN1CCCC(c2nnc3ccc(C(=O)O)cn23)C1. The average Bonchev–Trinajstić information content (AvgIpc) is 2.81. The van der Waals surface area contributed by atoms with E-state index in [9.17, 15) is 4.79 Å². The quantitative estimate of drug-likeness (QED) is 0.879. The fourth-order valence-electron chi connectivity index (χ4n) is 2.69. The van der Waals surface area contributed by atoms with E-state index in [0.717, 1.165) is 31.8 Å². The second kappa shape index (κ2) is 4.62. The standard InChI is InChI=1S/C13H16N4O2/c1-16-6-2-3-9(7-16)12-15-14-11-5-4-10(13(18)19)8-17(11)12/h4-5,8-9H,2-3,6-7H2,1H3,(H,18,19). The van der Waals surface area contributed by atoms with Crippen molar-refractivity contribution < 1.29 is 9.90 Å². The number of hydrogen-bond donors (Lipinski definition) is 1. The lowest BCUT2D eigenvalue weighted by Gasteiger charge is -2.28. The van der Waals surface area contributed by atoms with Gasteiger partial charge in [0.15, 0.2) is 5.65 Å². The second-order valence-corrected chi connectivity index (χ2v) is 5.11. The van der Waals surface area contributed by atoms with Gasteiger partial charge in [-0.15, -0.1) is 10.2 Å². The Morgan fingerprint density at radius 3 is 3.00 bits per heavy atom. The predicted octanol–water partition coefficient (Wildman–Crippen LogP) is 1.24. The Bertz CT molecular complexity index is 622. The van der Waals surface area contributed by atoms with Crippen LogP contribution in [0.25, 0.3) is 5.65 Å². The lowest BCUT2D eigenvalue weighted by Crippen LogP contribution is -2.31. The van der Waals surface area contributed by atoms with Gasteiger partial charge in [-0.1, -0.05) is 0 Å². The summed E-state index contributed by atoms with van der Waals surface area (Å²) >= 11 is 0. The van der Waals surface area contributed by atoms with E-state index < -0.39 is 5.97 Å². The van der Waals surface area contributed by atoms with Crippen LogP contribution in [0.4, 0.5) is 0 Å². The Kier molecular flexibility index (Phi) is 2.94. The largest absolute Gasteiger partial charge is 0.478 e. The fraction of sp³-hybridized carbons (Fsp3) is 0.462. The van der Waals surface area contributed by atoms with E-state index in [-0.39, 0.29) is 5.56 Å². The van der Waals surface area contributed by atoms with Gasteiger partial charge in [-0.05, 0) is 38.6 Å². The minimum atomic E-state index is -0.928. The van der Waals surface area contributed by atoms with Crippen molar-refractivity contribution >= 4 is 11.6 Å². The molecular weight excluding hydrogens is 244 g/mol. The summed E-state index contributed by atoms with van der Waals surface area (Å²) in [6.07, 6.45) is 3.82.